The Morgan fingerprint density at radius 1 is 1.15 bits per heavy atom. The molecule has 1 heterocycles. The molecule has 0 unspecified atom stereocenters. The van der Waals surface area contributed by atoms with E-state index in [2.05, 4.69) is 5.32 Å². The van der Waals surface area contributed by atoms with Gasteiger partial charge in [-0.15, -0.1) is 0 Å². The monoisotopic (exact) mass is 296 g/mol. The summed E-state index contributed by atoms with van der Waals surface area (Å²) < 4.78 is 5.88. The first kappa shape index (κ1) is 14.7. The molecule has 2 aliphatic carbocycles. The first-order valence-electron chi connectivity index (χ1n) is 8.39. The Morgan fingerprint density at radius 3 is 2.65 bits per heavy atom. The molecule has 0 bridgehead atoms. The number of rotatable bonds is 4. The van der Waals surface area contributed by atoms with E-state index in [0.717, 1.165) is 24.9 Å². The van der Waals surface area contributed by atoms with Crippen LogP contribution < -0.4 is 5.32 Å². The van der Waals surface area contributed by atoms with Gasteiger partial charge >= 0.3 is 0 Å². The lowest BCUT2D eigenvalue weighted by Gasteiger charge is -2.38. The number of ether oxygens (including phenoxy) is 1. The molecule has 4 heteroatoms. The smallest absolute Gasteiger partial charge is 0.156 e. The van der Waals surface area contributed by atoms with Gasteiger partial charge < -0.3 is 10.1 Å². The molecule has 0 amide bonds. The average Bonchev–Trinajstić information content (AvgIpc) is 3.00. The van der Waals surface area contributed by atoms with Crippen LogP contribution in [0.25, 0.3) is 0 Å². The Kier molecular flexibility index (Phi) is 5.27. The lowest BCUT2D eigenvalue weighted by atomic mass is 9.75. The highest BCUT2D eigenvalue weighted by Gasteiger charge is 2.34. The number of thioether (sulfide) groups is 1. The van der Waals surface area contributed by atoms with E-state index in [9.17, 15) is 0 Å². The van der Waals surface area contributed by atoms with E-state index in [1.165, 1.54) is 63.5 Å². The van der Waals surface area contributed by atoms with Gasteiger partial charge in [-0.2, -0.15) is 0 Å². The molecule has 0 atom stereocenters. The highest BCUT2D eigenvalue weighted by Crippen LogP contribution is 2.41. The molecule has 0 aromatic heterocycles. The van der Waals surface area contributed by atoms with Crippen molar-refractivity contribution in [2.45, 2.75) is 63.9 Å². The maximum Gasteiger partial charge on any atom is 0.156 e. The Balaban J connectivity index is 1.34. The van der Waals surface area contributed by atoms with Crippen molar-refractivity contribution in [3.63, 3.8) is 0 Å². The van der Waals surface area contributed by atoms with Crippen LogP contribution in [0.3, 0.4) is 0 Å². The summed E-state index contributed by atoms with van der Waals surface area (Å²) in [6, 6.07) is 0. The zero-order valence-corrected chi connectivity index (χ0v) is 13.3. The number of aliphatic imine (C=N–C) groups is 1. The predicted octanol–water partition coefficient (Wildman–Crippen LogP) is 3.59. The molecule has 0 aromatic rings. The van der Waals surface area contributed by atoms with Crippen LogP contribution in [0.1, 0.15) is 57.8 Å². The summed E-state index contributed by atoms with van der Waals surface area (Å²) >= 11 is 1.93. The second-order valence-electron chi connectivity index (χ2n) is 6.67. The molecule has 3 rings (SSSR count). The summed E-state index contributed by atoms with van der Waals surface area (Å²) in [7, 11) is 0. The Bertz CT molecular complexity index is 333. The number of nitrogens with one attached hydrogen (secondary N) is 1. The highest BCUT2D eigenvalue weighted by molar-refractivity contribution is 8.13. The van der Waals surface area contributed by atoms with E-state index >= 15 is 0 Å². The third-order valence-corrected chi connectivity index (χ3v) is 6.32. The molecule has 3 aliphatic rings. The molecule has 1 spiro atoms. The average molecular weight is 296 g/mol. The van der Waals surface area contributed by atoms with Crippen molar-refractivity contribution >= 4 is 16.9 Å². The topological polar surface area (TPSA) is 33.6 Å². The van der Waals surface area contributed by atoms with E-state index in [1.807, 2.05) is 11.8 Å². The molecule has 114 valence electrons. The van der Waals surface area contributed by atoms with Gasteiger partial charge in [0, 0.05) is 18.8 Å². The van der Waals surface area contributed by atoms with Crippen LogP contribution in [-0.4, -0.2) is 36.7 Å². The molecule has 3 nitrogen and oxygen atoms in total. The van der Waals surface area contributed by atoms with Crippen molar-refractivity contribution in [3.8, 4) is 0 Å². The predicted molar refractivity (Wildman–Crippen MR) is 86.5 cm³/mol. The minimum atomic E-state index is 0.531. The summed E-state index contributed by atoms with van der Waals surface area (Å²) in [4.78, 5) is 4.79. The fourth-order valence-corrected chi connectivity index (χ4v) is 4.88. The highest BCUT2D eigenvalue weighted by atomic mass is 32.2. The van der Waals surface area contributed by atoms with E-state index in [-0.39, 0.29) is 0 Å². The van der Waals surface area contributed by atoms with Gasteiger partial charge in [0.25, 0.3) is 0 Å². The summed E-state index contributed by atoms with van der Waals surface area (Å²) in [6.45, 7) is 2.79. The zero-order valence-electron chi connectivity index (χ0n) is 12.5. The van der Waals surface area contributed by atoms with E-state index in [4.69, 9.17) is 9.73 Å². The van der Waals surface area contributed by atoms with Gasteiger partial charge in [0.05, 0.1) is 12.7 Å². The van der Waals surface area contributed by atoms with Gasteiger partial charge in [-0.05, 0) is 31.1 Å². The first-order valence-corrected chi connectivity index (χ1v) is 9.38. The van der Waals surface area contributed by atoms with E-state index in [0.29, 0.717) is 11.5 Å². The number of amidine groups is 1. The number of hydrogen-bond acceptors (Lipinski definition) is 4. The lowest BCUT2D eigenvalue weighted by Crippen LogP contribution is -2.37. The van der Waals surface area contributed by atoms with Crippen LogP contribution in [0.4, 0.5) is 0 Å². The lowest BCUT2D eigenvalue weighted by molar-refractivity contribution is 0.0624. The normalized spacial score (nSPS) is 26.7. The summed E-state index contributed by atoms with van der Waals surface area (Å²) in [5, 5.41) is 4.60. The largest absolute Gasteiger partial charge is 0.376 e. The number of nitrogens with zero attached hydrogens (tertiary/aromatic N) is 1. The second-order valence-corrected chi connectivity index (χ2v) is 7.64. The molecule has 1 N–H and O–H groups in total. The van der Waals surface area contributed by atoms with Crippen molar-refractivity contribution in [3.05, 3.63) is 0 Å². The van der Waals surface area contributed by atoms with Crippen molar-refractivity contribution in [2.24, 2.45) is 10.4 Å². The standard InChI is InChI=1S/C16H28N2OS/c1-4-8-16(9-5-1)12-18-15(20-13-16)17-10-11-19-14-6-2-3-7-14/h14H,1-13H2,(H,17,18). The fourth-order valence-electron chi connectivity index (χ4n) is 3.70. The molecule has 20 heavy (non-hydrogen) atoms. The zero-order chi connectivity index (χ0) is 13.7. The minimum Gasteiger partial charge on any atom is -0.376 e. The molecular weight excluding hydrogens is 268 g/mol. The van der Waals surface area contributed by atoms with Gasteiger partial charge in [-0.1, -0.05) is 43.9 Å². The van der Waals surface area contributed by atoms with Gasteiger partial charge in [0.1, 0.15) is 0 Å². The van der Waals surface area contributed by atoms with E-state index in [1.54, 1.807) is 0 Å². The van der Waals surface area contributed by atoms with Gasteiger partial charge in [-0.25, -0.2) is 0 Å². The van der Waals surface area contributed by atoms with Gasteiger partial charge in [0.15, 0.2) is 5.17 Å². The van der Waals surface area contributed by atoms with Crippen molar-refractivity contribution in [1.29, 1.82) is 0 Å². The Morgan fingerprint density at radius 2 is 1.95 bits per heavy atom. The fraction of sp³-hybridized carbons (Fsp3) is 0.938. The quantitative estimate of drug-likeness (QED) is 0.805. The third-order valence-electron chi connectivity index (χ3n) is 5.02. The summed E-state index contributed by atoms with van der Waals surface area (Å²) in [5.74, 6) is 1.27. The summed E-state index contributed by atoms with van der Waals surface area (Å²) in [6.07, 6.45) is 12.8. The van der Waals surface area contributed by atoms with Gasteiger partial charge in [0.2, 0.25) is 0 Å². The van der Waals surface area contributed by atoms with Crippen molar-refractivity contribution < 1.29 is 4.74 Å². The molecule has 0 saturated heterocycles. The van der Waals surface area contributed by atoms with Crippen LogP contribution in [0.15, 0.2) is 4.99 Å². The minimum absolute atomic E-state index is 0.531. The first-order chi connectivity index (χ1) is 9.86. The maximum atomic E-state index is 5.88. The van der Waals surface area contributed by atoms with Gasteiger partial charge in [-0.3, -0.25) is 4.99 Å². The van der Waals surface area contributed by atoms with Crippen LogP contribution in [-0.2, 0) is 4.74 Å². The van der Waals surface area contributed by atoms with Crippen molar-refractivity contribution in [1.82, 2.24) is 5.32 Å². The maximum absolute atomic E-state index is 5.88. The second kappa shape index (κ2) is 7.17. The Hall–Kier alpha value is -0.220. The van der Waals surface area contributed by atoms with Crippen LogP contribution in [0, 0.1) is 5.41 Å². The van der Waals surface area contributed by atoms with E-state index < -0.39 is 0 Å². The molecule has 0 radical (unpaired) electrons. The number of hydrogen-bond donors (Lipinski definition) is 1. The summed E-state index contributed by atoms with van der Waals surface area (Å²) in [5.41, 5.74) is 0.536. The molecular formula is C16H28N2OS. The molecule has 2 fully saturated rings. The van der Waals surface area contributed by atoms with Crippen molar-refractivity contribution in [2.75, 3.05) is 25.4 Å². The van der Waals surface area contributed by atoms with Crippen LogP contribution in [0.2, 0.25) is 0 Å². The third kappa shape index (κ3) is 3.91. The Labute approximate surface area is 127 Å². The van der Waals surface area contributed by atoms with Crippen LogP contribution in [0.5, 0.6) is 0 Å². The SMILES string of the molecule is C1CCC2(CC1)CN=C(NCCOC1CCCC1)SC2. The molecule has 2 saturated carbocycles. The molecule has 0 aromatic carbocycles. The van der Waals surface area contributed by atoms with Crippen LogP contribution >= 0.6 is 11.8 Å². The molecule has 1 aliphatic heterocycles.